The molecule has 2 N–H and O–H groups in total. The first-order chi connectivity index (χ1) is 15.1. The number of amides is 1. The van der Waals surface area contributed by atoms with Gasteiger partial charge in [-0.2, -0.15) is 5.10 Å². The van der Waals surface area contributed by atoms with Crippen LogP contribution in [0.25, 0.3) is 0 Å². The number of aryl methyl sites for hydroxylation is 1. The van der Waals surface area contributed by atoms with Crippen molar-refractivity contribution in [2.45, 2.75) is 39.4 Å². The van der Waals surface area contributed by atoms with Crippen molar-refractivity contribution in [3.05, 3.63) is 83.2 Å². The second-order valence-corrected chi connectivity index (χ2v) is 8.30. The quantitative estimate of drug-likeness (QED) is 0.590. The standard InChI is InChI=1S/C25H31N5O/c1-19-24(20(2)30(28-19)16-21-9-5-3-6-10-21)15-26-25(31)18-29-14-13-23(17-29)27-22-11-7-4-8-12-22/h3-12,23,27H,13-18H2,1-2H3,(H,26,31). The summed E-state index contributed by atoms with van der Waals surface area (Å²) < 4.78 is 2.02. The first-order valence-electron chi connectivity index (χ1n) is 11.0. The second-order valence-electron chi connectivity index (χ2n) is 8.30. The number of hydrogen-bond acceptors (Lipinski definition) is 4. The number of likely N-dealkylation sites (tertiary alicyclic amines) is 1. The molecule has 0 spiro atoms. The third-order valence-corrected chi connectivity index (χ3v) is 5.95. The average molecular weight is 418 g/mol. The Morgan fingerprint density at radius 3 is 2.52 bits per heavy atom. The summed E-state index contributed by atoms with van der Waals surface area (Å²) in [4.78, 5) is 14.8. The Morgan fingerprint density at radius 1 is 1.06 bits per heavy atom. The monoisotopic (exact) mass is 417 g/mol. The third-order valence-electron chi connectivity index (χ3n) is 5.95. The van der Waals surface area contributed by atoms with Crippen LogP contribution in [0.2, 0.25) is 0 Å². The Balaban J connectivity index is 1.26. The zero-order valence-corrected chi connectivity index (χ0v) is 18.3. The average Bonchev–Trinajstić information content (AvgIpc) is 3.31. The maximum absolute atomic E-state index is 12.6. The maximum atomic E-state index is 12.6. The summed E-state index contributed by atoms with van der Waals surface area (Å²) in [5, 5.41) is 11.3. The van der Waals surface area contributed by atoms with E-state index < -0.39 is 0 Å². The molecule has 0 bridgehead atoms. The molecular weight excluding hydrogens is 386 g/mol. The lowest BCUT2D eigenvalue weighted by Crippen LogP contribution is -2.37. The molecule has 0 aliphatic carbocycles. The molecule has 1 unspecified atom stereocenters. The minimum Gasteiger partial charge on any atom is -0.381 e. The van der Waals surface area contributed by atoms with Crippen LogP contribution < -0.4 is 10.6 Å². The van der Waals surface area contributed by atoms with Crippen LogP contribution in [0, 0.1) is 13.8 Å². The largest absolute Gasteiger partial charge is 0.381 e. The predicted molar refractivity (Wildman–Crippen MR) is 124 cm³/mol. The molecule has 162 valence electrons. The van der Waals surface area contributed by atoms with Crippen LogP contribution >= 0.6 is 0 Å². The summed E-state index contributed by atoms with van der Waals surface area (Å²) >= 11 is 0. The van der Waals surface area contributed by atoms with Gasteiger partial charge in [0.15, 0.2) is 0 Å². The van der Waals surface area contributed by atoms with E-state index in [-0.39, 0.29) is 5.91 Å². The van der Waals surface area contributed by atoms with Gasteiger partial charge >= 0.3 is 0 Å². The Hall–Kier alpha value is -3.12. The van der Waals surface area contributed by atoms with E-state index in [2.05, 4.69) is 51.8 Å². The van der Waals surface area contributed by atoms with Crippen molar-refractivity contribution in [3.63, 3.8) is 0 Å². The van der Waals surface area contributed by atoms with Crippen LogP contribution in [0.1, 0.15) is 28.9 Å². The molecule has 1 aromatic heterocycles. The van der Waals surface area contributed by atoms with Crippen LogP contribution in [-0.2, 0) is 17.9 Å². The lowest BCUT2D eigenvalue weighted by molar-refractivity contribution is -0.122. The summed E-state index contributed by atoms with van der Waals surface area (Å²) in [6.07, 6.45) is 1.05. The summed E-state index contributed by atoms with van der Waals surface area (Å²) in [7, 11) is 0. The van der Waals surface area contributed by atoms with E-state index in [0.29, 0.717) is 19.1 Å². The van der Waals surface area contributed by atoms with Crippen molar-refractivity contribution >= 4 is 11.6 Å². The molecule has 6 heteroatoms. The van der Waals surface area contributed by atoms with Gasteiger partial charge in [0.2, 0.25) is 5.91 Å². The number of anilines is 1. The van der Waals surface area contributed by atoms with Gasteiger partial charge in [-0.3, -0.25) is 14.4 Å². The summed E-state index contributed by atoms with van der Waals surface area (Å²) in [6.45, 7) is 7.60. The fourth-order valence-corrected chi connectivity index (χ4v) is 4.21. The number of para-hydroxylation sites is 1. The molecule has 2 heterocycles. The molecule has 2 aromatic carbocycles. The van der Waals surface area contributed by atoms with Crippen molar-refractivity contribution in [1.29, 1.82) is 0 Å². The number of nitrogens with zero attached hydrogens (tertiary/aromatic N) is 3. The van der Waals surface area contributed by atoms with Gasteiger partial charge in [-0.25, -0.2) is 0 Å². The van der Waals surface area contributed by atoms with Gasteiger partial charge in [0.05, 0.1) is 18.8 Å². The Morgan fingerprint density at radius 2 is 1.77 bits per heavy atom. The van der Waals surface area contributed by atoms with E-state index in [4.69, 9.17) is 0 Å². The van der Waals surface area contributed by atoms with E-state index in [1.807, 2.05) is 48.0 Å². The van der Waals surface area contributed by atoms with Crippen molar-refractivity contribution in [2.24, 2.45) is 0 Å². The molecule has 31 heavy (non-hydrogen) atoms. The van der Waals surface area contributed by atoms with E-state index in [1.54, 1.807) is 0 Å². The minimum absolute atomic E-state index is 0.0648. The van der Waals surface area contributed by atoms with Crippen molar-refractivity contribution in [2.75, 3.05) is 25.0 Å². The van der Waals surface area contributed by atoms with Crippen LogP contribution in [0.4, 0.5) is 5.69 Å². The van der Waals surface area contributed by atoms with Gasteiger partial charge in [-0.15, -0.1) is 0 Å². The van der Waals surface area contributed by atoms with Gasteiger partial charge in [0.25, 0.3) is 0 Å². The number of aromatic nitrogens is 2. The van der Waals surface area contributed by atoms with Gasteiger partial charge in [-0.1, -0.05) is 48.5 Å². The van der Waals surface area contributed by atoms with Gasteiger partial charge in [0, 0.05) is 42.6 Å². The highest BCUT2D eigenvalue weighted by Crippen LogP contribution is 2.16. The first-order valence-corrected chi connectivity index (χ1v) is 11.0. The molecule has 1 aliphatic heterocycles. The Kier molecular flexibility index (Phi) is 6.67. The van der Waals surface area contributed by atoms with E-state index >= 15 is 0 Å². The smallest absolute Gasteiger partial charge is 0.234 e. The van der Waals surface area contributed by atoms with Gasteiger partial charge in [-0.05, 0) is 38.0 Å². The lowest BCUT2D eigenvalue weighted by atomic mass is 10.2. The molecule has 0 radical (unpaired) electrons. The molecule has 0 saturated carbocycles. The van der Waals surface area contributed by atoms with Gasteiger partial charge in [0.1, 0.15) is 0 Å². The zero-order chi connectivity index (χ0) is 21.6. The molecular formula is C25H31N5O. The lowest BCUT2D eigenvalue weighted by Gasteiger charge is -2.17. The first kappa shape index (κ1) is 21.1. The van der Waals surface area contributed by atoms with E-state index in [1.165, 1.54) is 5.56 Å². The van der Waals surface area contributed by atoms with Crippen LogP contribution in [0.5, 0.6) is 0 Å². The zero-order valence-electron chi connectivity index (χ0n) is 18.3. The van der Waals surface area contributed by atoms with E-state index in [9.17, 15) is 4.79 Å². The normalized spacial score (nSPS) is 16.4. The number of carbonyl (C=O) groups excluding carboxylic acids is 1. The topological polar surface area (TPSA) is 62.2 Å². The van der Waals surface area contributed by atoms with Crippen molar-refractivity contribution in [3.8, 4) is 0 Å². The van der Waals surface area contributed by atoms with Gasteiger partial charge < -0.3 is 10.6 Å². The predicted octanol–water partition coefficient (Wildman–Crippen LogP) is 3.35. The van der Waals surface area contributed by atoms with E-state index in [0.717, 1.165) is 48.7 Å². The number of hydrogen-bond donors (Lipinski definition) is 2. The van der Waals surface area contributed by atoms with Crippen molar-refractivity contribution < 1.29 is 4.79 Å². The molecule has 6 nitrogen and oxygen atoms in total. The number of rotatable bonds is 8. The third kappa shape index (κ3) is 5.52. The number of nitrogens with one attached hydrogen (secondary N) is 2. The summed E-state index contributed by atoms with van der Waals surface area (Å²) in [5.74, 6) is 0.0648. The van der Waals surface area contributed by atoms with Crippen molar-refractivity contribution in [1.82, 2.24) is 20.0 Å². The van der Waals surface area contributed by atoms with Crippen LogP contribution in [0.3, 0.4) is 0 Å². The molecule has 4 rings (SSSR count). The fourth-order valence-electron chi connectivity index (χ4n) is 4.21. The maximum Gasteiger partial charge on any atom is 0.234 e. The molecule has 3 aromatic rings. The fraction of sp³-hybridized carbons (Fsp3) is 0.360. The molecule has 1 fully saturated rings. The molecule has 1 amide bonds. The highest BCUT2D eigenvalue weighted by Gasteiger charge is 2.24. The number of benzene rings is 2. The summed E-state index contributed by atoms with van der Waals surface area (Å²) in [6, 6.07) is 21.0. The highest BCUT2D eigenvalue weighted by molar-refractivity contribution is 5.78. The molecule has 1 saturated heterocycles. The summed E-state index contributed by atoms with van der Waals surface area (Å²) in [5.41, 5.74) is 5.54. The highest BCUT2D eigenvalue weighted by atomic mass is 16.2. The SMILES string of the molecule is Cc1nn(Cc2ccccc2)c(C)c1CNC(=O)CN1CCC(Nc2ccccc2)C1. The second kappa shape index (κ2) is 9.79. The van der Waals surface area contributed by atoms with Crippen LogP contribution in [0.15, 0.2) is 60.7 Å². The Bertz CT molecular complexity index is 1000. The number of carbonyl (C=O) groups is 1. The Labute approximate surface area is 184 Å². The molecule has 1 atom stereocenters. The minimum atomic E-state index is 0.0648. The van der Waals surface area contributed by atoms with Crippen LogP contribution in [-0.4, -0.2) is 46.3 Å². The molecule has 1 aliphatic rings.